The summed E-state index contributed by atoms with van der Waals surface area (Å²) in [6.45, 7) is 3.16. The van der Waals surface area contributed by atoms with Crippen LogP contribution in [0.4, 0.5) is 5.95 Å². The summed E-state index contributed by atoms with van der Waals surface area (Å²) in [5.41, 5.74) is 3.40. The van der Waals surface area contributed by atoms with Crippen molar-refractivity contribution >= 4 is 17.6 Å². The molecule has 1 amide bonds. The second kappa shape index (κ2) is 8.80. The molecule has 0 atom stereocenters. The van der Waals surface area contributed by atoms with Gasteiger partial charge in [-0.05, 0) is 36.8 Å². The van der Waals surface area contributed by atoms with Gasteiger partial charge in [0.1, 0.15) is 5.75 Å². The van der Waals surface area contributed by atoms with Crippen molar-refractivity contribution in [2.24, 2.45) is 0 Å². The first-order valence-electron chi connectivity index (χ1n) is 9.69. The average Bonchev–Trinajstić information content (AvgIpc) is 3.18. The monoisotopic (exact) mass is 418 g/mol. The molecule has 2 aromatic heterocycles. The number of carbonyl (C=O) groups is 1. The minimum Gasteiger partial charge on any atom is -0.497 e. The summed E-state index contributed by atoms with van der Waals surface area (Å²) in [7, 11) is 1.56. The smallest absolute Gasteiger partial charge is 0.258 e. The van der Waals surface area contributed by atoms with Crippen molar-refractivity contribution in [3.05, 3.63) is 77.0 Å². The van der Waals surface area contributed by atoms with E-state index in [4.69, 9.17) is 4.74 Å². The van der Waals surface area contributed by atoms with Crippen LogP contribution in [0.2, 0.25) is 0 Å². The van der Waals surface area contributed by atoms with Crippen LogP contribution in [-0.4, -0.2) is 37.7 Å². The van der Waals surface area contributed by atoms with E-state index < -0.39 is 0 Å². The number of aryl methyl sites for hydroxylation is 1. The minimum absolute atomic E-state index is 0.0494. The Balaban J connectivity index is 1.43. The Morgan fingerprint density at radius 3 is 2.52 bits per heavy atom. The Kier molecular flexibility index (Phi) is 5.76. The van der Waals surface area contributed by atoms with Gasteiger partial charge >= 0.3 is 0 Å². The molecule has 9 heteroatoms. The highest BCUT2D eigenvalue weighted by atomic mass is 16.5. The third kappa shape index (κ3) is 4.78. The SMILES string of the molecule is COc1ccc(C(=O)Nc2nc3nc(CNCc4ccc(C)cc4)cc(O)n3n2)cc1. The van der Waals surface area contributed by atoms with Crippen molar-refractivity contribution in [1.29, 1.82) is 0 Å². The van der Waals surface area contributed by atoms with Gasteiger partial charge in [0, 0.05) is 24.7 Å². The maximum absolute atomic E-state index is 12.4. The second-order valence-corrected chi connectivity index (χ2v) is 7.02. The summed E-state index contributed by atoms with van der Waals surface area (Å²) in [5.74, 6) is 0.401. The Morgan fingerprint density at radius 1 is 1.06 bits per heavy atom. The quantitative estimate of drug-likeness (QED) is 0.423. The van der Waals surface area contributed by atoms with Gasteiger partial charge in [0.2, 0.25) is 5.88 Å². The number of anilines is 1. The second-order valence-electron chi connectivity index (χ2n) is 7.02. The summed E-state index contributed by atoms with van der Waals surface area (Å²) in [6.07, 6.45) is 0. The number of carbonyl (C=O) groups excluding carboxylic acids is 1. The van der Waals surface area contributed by atoms with Gasteiger partial charge in [0.05, 0.1) is 12.8 Å². The molecule has 0 aliphatic rings. The lowest BCUT2D eigenvalue weighted by Gasteiger charge is -2.06. The van der Waals surface area contributed by atoms with E-state index in [-0.39, 0.29) is 23.5 Å². The van der Waals surface area contributed by atoms with Crippen molar-refractivity contribution in [3.63, 3.8) is 0 Å². The van der Waals surface area contributed by atoms with Crippen molar-refractivity contribution in [3.8, 4) is 11.6 Å². The summed E-state index contributed by atoms with van der Waals surface area (Å²) in [4.78, 5) is 21.0. The van der Waals surface area contributed by atoms with Gasteiger partial charge in [0.25, 0.3) is 17.6 Å². The van der Waals surface area contributed by atoms with Crippen LogP contribution >= 0.6 is 0 Å². The maximum atomic E-state index is 12.4. The van der Waals surface area contributed by atoms with Gasteiger partial charge in [-0.3, -0.25) is 10.1 Å². The number of rotatable bonds is 7. The predicted molar refractivity (Wildman–Crippen MR) is 115 cm³/mol. The molecule has 0 aliphatic carbocycles. The lowest BCUT2D eigenvalue weighted by molar-refractivity contribution is 0.102. The zero-order valence-corrected chi connectivity index (χ0v) is 17.2. The van der Waals surface area contributed by atoms with E-state index in [9.17, 15) is 9.90 Å². The van der Waals surface area contributed by atoms with Crippen LogP contribution < -0.4 is 15.4 Å². The number of nitrogens with zero attached hydrogens (tertiary/aromatic N) is 4. The number of hydrogen-bond donors (Lipinski definition) is 3. The van der Waals surface area contributed by atoms with Crippen LogP contribution in [0.5, 0.6) is 11.6 Å². The fourth-order valence-electron chi connectivity index (χ4n) is 3.00. The molecule has 4 aromatic rings. The predicted octanol–water partition coefficient (Wildman–Crippen LogP) is 2.69. The number of ether oxygens (including phenoxy) is 1. The number of fused-ring (bicyclic) bond motifs is 1. The van der Waals surface area contributed by atoms with Gasteiger partial charge in [-0.2, -0.15) is 9.50 Å². The fraction of sp³-hybridized carbons (Fsp3) is 0.182. The van der Waals surface area contributed by atoms with E-state index in [1.165, 1.54) is 16.1 Å². The molecule has 0 bridgehead atoms. The number of benzene rings is 2. The topological polar surface area (TPSA) is 114 Å². The van der Waals surface area contributed by atoms with E-state index in [1.54, 1.807) is 31.4 Å². The Labute approximate surface area is 178 Å². The highest BCUT2D eigenvalue weighted by Gasteiger charge is 2.14. The van der Waals surface area contributed by atoms with Crippen LogP contribution in [-0.2, 0) is 13.1 Å². The van der Waals surface area contributed by atoms with Crippen LogP contribution in [0.3, 0.4) is 0 Å². The largest absolute Gasteiger partial charge is 0.497 e. The van der Waals surface area contributed by atoms with E-state index in [2.05, 4.69) is 50.0 Å². The highest BCUT2D eigenvalue weighted by Crippen LogP contribution is 2.16. The van der Waals surface area contributed by atoms with Crippen LogP contribution in [0.15, 0.2) is 54.6 Å². The third-order valence-corrected chi connectivity index (χ3v) is 4.68. The van der Waals surface area contributed by atoms with Crippen molar-refractivity contribution in [1.82, 2.24) is 24.9 Å². The molecular formula is C22H22N6O3. The number of hydrogen-bond acceptors (Lipinski definition) is 7. The summed E-state index contributed by atoms with van der Waals surface area (Å²) in [6, 6.07) is 16.4. The maximum Gasteiger partial charge on any atom is 0.258 e. The summed E-state index contributed by atoms with van der Waals surface area (Å²) in [5, 5.41) is 20.3. The first kappa shape index (κ1) is 20.3. The zero-order chi connectivity index (χ0) is 21.8. The van der Waals surface area contributed by atoms with Crippen molar-refractivity contribution < 1.29 is 14.6 Å². The highest BCUT2D eigenvalue weighted by molar-refractivity contribution is 6.03. The number of nitrogens with one attached hydrogen (secondary N) is 2. The minimum atomic E-state index is -0.377. The van der Waals surface area contributed by atoms with E-state index in [1.807, 2.05) is 6.92 Å². The van der Waals surface area contributed by atoms with Crippen LogP contribution in [0, 0.1) is 6.92 Å². The average molecular weight is 418 g/mol. The van der Waals surface area contributed by atoms with Gasteiger partial charge < -0.3 is 15.2 Å². The molecule has 0 spiro atoms. The lowest BCUT2D eigenvalue weighted by Crippen LogP contribution is -2.14. The Morgan fingerprint density at radius 2 is 1.81 bits per heavy atom. The molecule has 9 nitrogen and oxygen atoms in total. The van der Waals surface area contributed by atoms with Gasteiger partial charge in [-0.15, -0.1) is 5.10 Å². The van der Waals surface area contributed by atoms with Gasteiger partial charge in [0.15, 0.2) is 0 Å². The molecule has 31 heavy (non-hydrogen) atoms. The van der Waals surface area contributed by atoms with Crippen LogP contribution in [0.1, 0.15) is 27.2 Å². The molecular weight excluding hydrogens is 396 g/mol. The molecule has 2 aromatic carbocycles. The van der Waals surface area contributed by atoms with Gasteiger partial charge in [-0.1, -0.05) is 29.8 Å². The van der Waals surface area contributed by atoms with Gasteiger partial charge in [-0.25, -0.2) is 4.98 Å². The van der Waals surface area contributed by atoms with Crippen LogP contribution in [0.25, 0.3) is 5.78 Å². The lowest BCUT2D eigenvalue weighted by atomic mass is 10.1. The number of aromatic nitrogens is 4. The summed E-state index contributed by atoms with van der Waals surface area (Å²) >= 11 is 0. The number of amides is 1. The molecule has 0 saturated carbocycles. The number of methoxy groups -OCH3 is 1. The molecule has 0 aliphatic heterocycles. The van der Waals surface area contributed by atoms with Crippen molar-refractivity contribution in [2.75, 3.05) is 12.4 Å². The molecule has 4 rings (SSSR count). The first-order chi connectivity index (χ1) is 15.0. The van der Waals surface area contributed by atoms with E-state index >= 15 is 0 Å². The normalized spacial score (nSPS) is 10.9. The Hall–Kier alpha value is -3.98. The van der Waals surface area contributed by atoms with E-state index in [0.717, 1.165) is 5.56 Å². The first-order valence-corrected chi connectivity index (χ1v) is 9.69. The molecule has 0 radical (unpaired) electrons. The number of aromatic hydroxyl groups is 1. The molecule has 0 fully saturated rings. The fourth-order valence-corrected chi connectivity index (χ4v) is 3.00. The third-order valence-electron chi connectivity index (χ3n) is 4.68. The molecule has 2 heterocycles. The Bertz CT molecular complexity index is 1200. The molecule has 158 valence electrons. The molecule has 3 N–H and O–H groups in total. The zero-order valence-electron chi connectivity index (χ0n) is 17.2. The standard InChI is InChI=1S/C22H22N6O3/c1-14-3-5-15(6-4-14)12-23-13-17-11-19(29)28-22(24-17)26-21(27-28)25-20(30)16-7-9-18(31-2)10-8-16/h3-11,23,29H,12-13H2,1-2H3,(H,25,27,30). The molecule has 0 saturated heterocycles. The van der Waals surface area contributed by atoms with Crippen molar-refractivity contribution in [2.45, 2.75) is 20.0 Å². The summed E-state index contributed by atoms with van der Waals surface area (Å²) < 4.78 is 6.26. The molecule has 0 unspecified atom stereocenters. The van der Waals surface area contributed by atoms with E-state index in [0.29, 0.717) is 30.1 Å².